The normalized spacial score (nSPS) is 20.8. The lowest BCUT2D eigenvalue weighted by atomic mass is 9.99. The molecular weight excluding hydrogens is 680 g/mol. The summed E-state index contributed by atoms with van der Waals surface area (Å²) in [7, 11) is 0. The maximum absolute atomic E-state index is 12.7. The molecule has 0 radical (unpaired) electrons. The number of hydrogen-bond acceptors (Lipinski definition) is 10. The molecule has 1 fully saturated rings. The van der Waals surface area contributed by atoms with E-state index in [-0.39, 0.29) is 26.1 Å². The highest BCUT2D eigenvalue weighted by Gasteiger charge is 2.47. The van der Waals surface area contributed by atoms with Gasteiger partial charge in [-0.1, -0.05) is 154 Å². The number of ether oxygens (including phenoxy) is 4. The molecule has 0 saturated carbocycles. The van der Waals surface area contributed by atoms with E-state index >= 15 is 0 Å². The summed E-state index contributed by atoms with van der Waals surface area (Å²) in [6.07, 6.45) is 24.1. The predicted molar refractivity (Wildman–Crippen MR) is 206 cm³/mol. The van der Waals surface area contributed by atoms with Crippen LogP contribution in [0.25, 0.3) is 0 Å². The minimum atomic E-state index is -1.86. The van der Waals surface area contributed by atoms with E-state index in [2.05, 4.69) is 26.0 Å². The van der Waals surface area contributed by atoms with Crippen molar-refractivity contribution in [1.29, 1.82) is 0 Å². The summed E-state index contributed by atoms with van der Waals surface area (Å²) < 4.78 is 21.7. The van der Waals surface area contributed by atoms with Gasteiger partial charge in [-0.25, -0.2) is 4.79 Å². The summed E-state index contributed by atoms with van der Waals surface area (Å²) in [6, 6.07) is 0. The van der Waals surface area contributed by atoms with Gasteiger partial charge in [0.2, 0.25) is 0 Å². The van der Waals surface area contributed by atoms with Gasteiger partial charge < -0.3 is 39.4 Å². The molecule has 11 nitrogen and oxygen atoms in total. The van der Waals surface area contributed by atoms with Crippen LogP contribution in [0.1, 0.15) is 187 Å². The van der Waals surface area contributed by atoms with E-state index in [1.807, 2.05) is 0 Å². The van der Waals surface area contributed by atoms with Crippen molar-refractivity contribution >= 4 is 17.9 Å². The second-order valence-electron chi connectivity index (χ2n) is 14.8. The molecular formula is C42H76O11. The van der Waals surface area contributed by atoms with E-state index in [1.165, 1.54) is 89.9 Å². The van der Waals surface area contributed by atoms with Gasteiger partial charge in [-0.2, -0.15) is 0 Å². The monoisotopic (exact) mass is 757 g/mol. The Morgan fingerprint density at radius 1 is 0.566 bits per heavy atom. The molecule has 1 rings (SSSR count). The van der Waals surface area contributed by atoms with Crippen molar-refractivity contribution in [1.82, 2.24) is 0 Å². The quantitative estimate of drug-likeness (QED) is 0.0278. The lowest BCUT2D eigenvalue weighted by Crippen LogP contribution is -2.60. The summed E-state index contributed by atoms with van der Waals surface area (Å²) in [5.41, 5.74) is 0. The average Bonchev–Trinajstić information content (AvgIpc) is 3.14. The molecule has 0 aromatic rings. The number of unbranched alkanes of at least 4 members (excludes halogenated alkanes) is 22. The van der Waals surface area contributed by atoms with Gasteiger partial charge in [0.1, 0.15) is 24.9 Å². The first-order chi connectivity index (χ1) is 25.7. The maximum Gasteiger partial charge on any atom is 0.335 e. The third-order valence-corrected chi connectivity index (χ3v) is 9.86. The molecule has 0 aliphatic carbocycles. The third kappa shape index (κ3) is 25.6. The smallest absolute Gasteiger partial charge is 0.335 e. The van der Waals surface area contributed by atoms with Gasteiger partial charge in [0, 0.05) is 12.8 Å². The van der Waals surface area contributed by atoms with Crippen LogP contribution in [0.3, 0.4) is 0 Å². The van der Waals surface area contributed by atoms with E-state index in [1.54, 1.807) is 0 Å². The van der Waals surface area contributed by atoms with Crippen LogP contribution in [0.2, 0.25) is 0 Å². The van der Waals surface area contributed by atoms with Crippen LogP contribution in [0.15, 0.2) is 12.2 Å². The van der Waals surface area contributed by atoms with Crippen LogP contribution in [-0.4, -0.2) is 88.4 Å². The second-order valence-corrected chi connectivity index (χ2v) is 14.8. The van der Waals surface area contributed by atoms with Crippen molar-refractivity contribution in [2.24, 2.45) is 0 Å². The van der Waals surface area contributed by atoms with Crippen molar-refractivity contribution in [2.45, 2.75) is 224 Å². The number of carboxylic acid groups (broad SMARTS) is 1. The molecule has 310 valence electrons. The molecule has 1 aliphatic heterocycles. The lowest BCUT2D eigenvalue weighted by molar-refractivity contribution is -0.298. The summed E-state index contributed by atoms with van der Waals surface area (Å²) >= 11 is 0. The van der Waals surface area contributed by atoms with Crippen LogP contribution < -0.4 is 0 Å². The van der Waals surface area contributed by atoms with Gasteiger partial charge in [-0.3, -0.25) is 9.59 Å². The number of carboxylic acids is 1. The largest absolute Gasteiger partial charge is 0.479 e. The number of allylic oxidation sites excluding steroid dienone is 2. The minimum absolute atomic E-state index is 0.186. The molecule has 1 aliphatic rings. The minimum Gasteiger partial charge on any atom is -0.479 e. The van der Waals surface area contributed by atoms with E-state index < -0.39 is 54.7 Å². The van der Waals surface area contributed by atoms with Gasteiger partial charge in [-0.05, 0) is 32.1 Å². The molecule has 0 amide bonds. The van der Waals surface area contributed by atoms with Crippen LogP contribution in [-0.2, 0) is 33.3 Å². The number of aliphatic hydroxyl groups excluding tert-OH is 3. The second kappa shape index (κ2) is 33.3. The highest BCUT2D eigenvalue weighted by atomic mass is 16.7. The number of esters is 2. The molecule has 11 heteroatoms. The fourth-order valence-corrected chi connectivity index (χ4v) is 6.45. The van der Waals surface area contributed by atoms with Gasteiger partial charge in [0.25, 0.3) is 0 Å². The van der Waals surface area contributed by atoms with Gasteiger partial charge in [-0.15, -0.1) is 0 Å². The Kier molecular flexibility index (Phi) is 30.8. The van der Waals surface area contributed by atoms with Gasteiger partial charge in [0.05, 0.1) is 6.61 Å². The number of rotatable bonds is 35. The molecule has 6 unspecified atom stereocenters. The number of carbonyl (C=O) groups is 3. The third-order valence-electron chi connectivity index (χ3n) is 9.86. The average molecular weight is 757 g/mol. The Labute approximate surface area is 320 Å². The van der Waals surface area contributed by atoms with E-state index in [0.29, 0.717) is 12.8 Å². The van der Waals surface area contributed by atoms with Crippen molar-refractivity contribution in [3.63, 3.8) is 0 Å². The van der Waals surface area contributed by atoms with E-state index in [0.717, 1.165) is 57.8 Å². The summed E-state index contributed by atoms with van der Waals surface area (Å²) in [6.45, 7) is 3.76. The zero-order chi connectivity index (χ0) is 38.9. The molecule has 1 saturated heterocycles. The molecule has 0 spiro atoms. The first-order valence-electron chi connectivity index (χ1n) is 21.2. The highest BCUT2D eigenvalue weighted by molar-refractivity contribution is 5.73. The Balaban J connectivity index is 2.38. The predicted octanol–water partition coefficient (Wildman–Crippen LogP) is 8.48. The maximum atomic E-state index is 12.7. The first kappa shape index (κ1) is 49.0. The lowest BCUT2D eigenvalue weighted by Gasteiger charge is -2.38. The van der Waals surface area contributed by atoms with Crippen molar-refractivity contribution < 1.29 is 53.8 Å². The number of aliphatic hydroxyl groups is 3. The molecule has 53 heavy (non-hydrogen) atoms. The van der Waals surface area contributed by atoms with E-state index in [9.17, 15) is 34.8 Å². The van der Waals surface area contributed by atoms with Crippen LogP contribution in [0.4, 0.5) is 0 Å². The van der Waals surface area contributed by atoms with Crippen molar-refractivity contribution in [2.75, 3.05) is 13.2 Å². The van der Waals surface area contributed by atoms with Gasteiger partial charge >= 0.3 is 17.9 Å². The van der Waals surface area contributed by atoms with Crippen LogP contribution >= 0.6 is 0 Å². The summed E-state index contributed by atoms with van der Waals surface area (Å²) in [4.78, 5) is 36.7. The standard InChI is InChI=1S/C42H76O11/c1-3-5-7-9-11-13-15-16-17-18-19-21-23-25-27-29-31-36(44)52-34(33-51-42-39(47)37(45)38(46)40(53-42)41(48)49)32-50-35(43)30-28-26-24-22-20-14-12-10-8-6-4-2/h10,12,34,37-40,42,45-47H,3-9,11,13-33H2,1-2H3,(H,48,49)/b12-10-. The number of hydrogen-bond donors (Lipinski definition) is 4. The zero-order valence-electron chi connectivity index (χ0n) is 33.3. The Morgan fingerprint density at radius 3 is 1.53 bits per heavy atom. The first-order valence-corrected chi connectivity index (χ1v) is 21.2. The number of aliphatic carboxylic acids is 1. The Hall–Kier alpha value is -2.05. The summed E-state index contributed by atoms with van der Waals surface area (Å²) in [5, 5.41) is 39.7. The fraction of sp³-hybridized carbons (Fsp3) is 0.881. The van der Waals surface area contributed by atoms with E-state index in [4.69, 9.17) is 18.9 Å². The SMILES string of the molecule is CCCC/C=C\CCCCCCCC(=O)OCC(COC1OC(C(=O)O)C(O)C(O)C1O)OC(=O)CCCCCCCCCCCCCCCCCC. The van der Waals surface area contributed by atoms with Crippen LogP contribution in [0.5, 0.6) is 0 Å². The topological polar surface area (TPSA) is 169 Å². The molecule has 0 bridgehead atoms. The number of carbonyl (C=O) groups excluding carboxylic acids is 2. The molecule has 1 heterocycles. The fourth-order valence-electron chi connectivity index (χ4n) is 6.45. The molecule has 4 N–H and O–H groups in total. The van der Waals surface area contributed by atoms with Crippen LogP contribution in [0, 0.1) is 0 Å². The molecule has 0 aromatic carbocycles. The zero-order valence-corrected chi connectivity index (χ0v) is 33.3. The Bertz CT molecular complexity index is 942. The van der Waals surface area contributed by atoms with Crippen molar-refractivity contribution in [3.05, 3.63) is 12.2 Å². The molecule has 6 atom stereocenters. The van der Waals surface area contributed by atoms with Gasteiger partial charge in [0.15, 0.2) is 18.5 Å². The molecule has 0 aromatic heterocycles. The highest BCUT2D eigenvalue weighted by Crippen LogP contribution is 2.23. The summed E-state index contributed by atoms with van der Waals surface area (Å²) in [5.74, 6) is -2.45. The Morgan fingerprint density at radius 2 is 1.02 bits per heavy atom. The van der Waals surface area contributed by atoms with Crippen molar-refractivity contribution in [3.8, 4) is 0 Å².